The summed E-state index contributed by atoms with van der Waals surface area (Å²) in [6, 6.07) is 12.0. The summed E-state index contributed by atoms with van der Waals surface area (Å²) in [4.78, 5) is 26.8. The zero-order valence-electron chi connectivity index (χ0n) is 19.3. The molecule has 0 aliphatic carbocycles. The van der Waals surface area contributed by atoms with Gasteiger partial charge in [0.25, 0.3) is 5.91 Å². The van der Waals surface area contributed by atoms with Crippen molar-refractivity contribution in [3.8, 4) is 11.1 Å². The number of anilines is 3. The Morgan fingerprint density at radius 3 is 2.76 bits per heavy atom. The summed E-state index contributed by atoms with van der Waals surface area (Å²) in [5.41, 5.74) is 5.17. The first-order valence-corrected chi connectivity index (χ1v) is 12.9. The van der Waals surface area contributed by atoms with Gasteiger partial charge in [0.2, 0.25) is 0 Å². The van der Waals surface area contributed by atoms with Crippen LogP contribution in [0.4, 0.5) is 17.3 Å². The van der Waals surface area contributed by atoms with E-state index in [0.717, 1.165) is 58.9 Å². The van der Waals surface area contributed by atoms with E-state index in [0.29, 0.717) is 25.3 Å². The smallest absolute Gasteiger partial charge is 0.251 e. The molecule has 8 heteroatoms. The minimum absolute atomic E-state index is 0.0326. The maximum atomic E-state index is 12.7. The first-order valence-electron chi connectivity index (χ1n) is 11.8. The molecule has 0 radical (unpaired) electrons. The van der Waals surface area contributed by atoms with Crippen molar-refractivity contribution in [2.45, 2.75) is 19.8 Å². The van der Waals surface area contributed by atoms with Crippen LogP contribution in [-0.2, 0) is 11.2 Å². The summed E-state index contributed by atoms with van der Waals surface area (Å²) >= 11 is 2.44. The third-order valence-corrected chi connectivity index (χ3v) is 7.28. The van der Waals surface area contributed by atoms with Gasteiger partial charge >= 0.3 is 0 Å². The largest absolute Gasteiger partial charge is 0.378 e. The second-order valence-electron chi connectivity index (χ2n) is 8.48. The molecule has 5 rings (SSSR count). The van der Waals surface area contributed by atoms with E-state index in [1.807, 2.05) is 30.5 Å². The number of rotatable bonds is 6. The van der Waals surface area contributed by atoms with Crippen molar-refractivity contribution < 1.29 is 9.53 Å². The third-order valence-electron chi connectivity index (χ3n) is 6.26. The summed E-state index contributed by atoms with van der Waals surface area (Å²) in [5.74, 6) is 1.93. The van der Waals surface area contributed by atoms with Crippen LogP contribution in [0.25, 0.3) is 11.1 Å². The molecule has 7 nitrogen and oxygen atoms in total. The Labute approximate surface area is 213 Å². The SMILES string of the molecule is CCCNC(=O)c1cccc(-c2c(I)c(N3CCOCC3)nc3c2CCN3c2cccnc2)c1. The van der Waals surface area contributed by atoms with Crippen molar-refractivity contribution in [1.29, 1.82) is 0 Å². The molecule has 1 N–H and O–H groups in total. The molecular weight excluding hydrogens is 541 g/mol. The van der Waals surface area contributed by atoms with E-state index in [4.69, 9.17) is 9.72 Å². The first-order chi connectivity index (χ1) is 16.7. The molecule has 176 valence electrons. The molecule has 0 atom stereocenters. The standard InChI is InChI=1S/C26H28IN5O2/c1-2-9-29-26(33)19-6-3-5-18(16-19)22-21-8-11-32(20-7-4-10-28-17-20)24(21)30-25(23(22)27)31-12-14-34-15-13-31/h3-7,10,16-17H,2,8-9,11-15H2,1H3,(H,29,33). The Kier molecular flexibility index (Phi) is 6.96. The van der Waals surface area contributed by atoms with Crippen molar-refractivity contribution in [2.24, 2.45) is 0 Å². The van der Waals surface area contributed by atoms with Gasteiger partial charge in [-0.1, -0.05) is 19.1 Å². The first kappa shape index (κ1) is 23.0. The molecule has 1 amide bonds. The molecule has 4 heterocycles. The van der Waals surface area contributed by atoms with Crippen LogP contribution in [0.5, 0.6) is 0 Å². The monoisotopic (exact) mass is 569 g/mol. The summed E-state index contributed by atoms with van der Waals surface area (Å²) < 4.78 is 6.72. The second-order valence-corrected chi connectivity index (χ2v) is 9.55. The number of nitrogens with one attached hydrogen (secondary N) is 1. The van der Waals surface area contributed by atoms with Crippen LogP contribution in [0.2, 0.25) is 0 Å². The molecule has 3 aromatic rings. The Balaban J connectivity index is 1.64. The fourth-order valence-electron chi connectivity index (χ4n) is 4.57. The van der Waals surface area contributed by atoms with E-state index in [1.54, 1.807) is 6.20 Å². The number of amides is 1. The molecule has 2 aliphatic rings. The van der Waals surface area contributed by atoms with Crippen LogP contribution in [0.1, 0.15) is 29.3 Å². The molecule has 0 spiro atoms. The van der Waals surface area contributed by atoms with E-state index in [-0.39, 0.29) is 5.91 Å². The van der Waals surface area contributed by atoms with E-state index >= 15 is 0 Å². The fourth-order valence-corrected chi connectivity index (χ4v) is 5.67. The lowest BCUT2D eigenvalue weighted by molar-refractivity contribution is 0.0953. The van der Waals surface area contributed by atoms with Gasteiger partial charge < -0.3 is 19.9 Å². The lowest BCUT2D eigenvalue weighted by Gasteiger charge is -2.31. The maximum absolute atomic E-state index is 12.7. The van der Waals surface area contributed by atoms with Gasteiger partial charge in [-0.2, -0.15) is 0 Å². The van der Waals surface area contributed by atoms with Crippen LogP contribution in [0.15, 0.2) is 48.8 Å². The highest BCUT2D eigenvalue weighted by atomic mass is 127. The number of fused-ring (bicyclic) bond motifs is 1. The number of pyridine rings is 2. The van der Waals surface area contributed by atoms with Crippen molar-refractivity contribution in [3.63, 3.8) is 0 Å². The number of hydrogen-bond acceptors (Lipinski definition) is 6. The normalized spacial score (nSPS) is 15.4. The Morgan fingerprint density at radius 2 is 2.00 bits per heavy atom. The van der Waals surface area contributed by atoms with Gasteiger partial charge in [-0.05, 0) is 65.3 Å². The third kappa shape index (κ3) is 4.48. The fraction of sp³-hybridized carbons (Fsp3) is 0.346. The number of morpholine rings is 1. The van der Waals surface area contributed by atoms with Gasteiger partial charge in [-0.3, -0.25) is 9.78 Å². The predicted molar refractivity (Wildman–Crippen MR) is 143 cm³/mol. The van der Waals surface area contributed by atoms with Crippen molar-refractivity contribution in [1.82, 2.24) is 15.3 Å². The number of halogens is 1. The van der Waals surface area contributed by atoms with Gasteiger partial charge in [-0.25, -0.2) is 4.98 Å². The van der Waals surface area contributed by atoms with Crippen LogP contribution >= 0.6 is 22.6 Å². The van der Waals surface area contributed by atoms with Crippen molar-refractivity contribution >= 4 is 45.8 Å². The predicted octanol–water partition coefficient (Wildman–Crippen LogP) is 4.42. The van der Waals surface area contributed by atoms with E-state index < -0.39 is 0 Å². The number of carbonyl (C=O) groups excluding carboxylic acids is 1. The summed E-state index contributed by atoms with van der Waals surface area (Å²) in [5, 5.41) is 3.00. The van der Waals surface area contributed by atoms with E-state index in [2.05, 4.69) is 61.7 Å². The van der Waals surface area contributed by atoms with Crippen molar-refractivity contribution in [3.05, 3.63) is 63.5 Å². The van der Waals surface area contributed by atoms with Crippen LogP contribution in [0.3, 0.4) is 0 Å². The van der Waals surface area contributed by atoms with E-state index in [1.165, 1.54) is 11.1 Å². The highest BCUT2D eigenvalue weighted by Crippen LogP contribution is 2.44. The lowest BCUT2D eigenvalue weighted by atomic mass is 9.97. The quantitative estimate of drug-likeness (QED) is 0.444. The van der Waals surface area contributed by atoms with Gasteiger partial charge in [0, 0.05) is 49.1 Å². The van der Waals surface area contributed by atoms with Crippen LogP contribution in [0, 0.1) is 3.57 Å². The van der Waals surface area contributed by atoms with Crippen LogP contribution in [-0.4, -0.2) is 55.3 Å². The number of aromatic nitrogens is 2. The highest BCUT2D eigenvalue weighted by molar-refractivity contribution is 14.1. The average Bonchev–Trinajstić information content (AvgIpc) is 3.31. The summed E-state index contributed by atoms with van der Waals surface area (Å²) in [6.45, 7) is 6.60. The number of carbonyl (C=O) groups is 1. The number of ether oxygens (including phenoxy) is 1. The highest BCUT2D eigenvalue weighted by Gasteiger charge is 2.31. The van der Waals surface area contributed by atoms with Gasteiger partial charge in [0.15, 0.2) is 0 Å². The number of hydrogen-bond donors (Lipinski definition) is 1. The molecule has 2 aliphatic heterocycles. The molecule has 0 saturated carbocycles. The lowest BCUT2D eigenvalue weighted by Crippen LogP contribution is -2.37. The second kappa shape index (κ2) is 10.3. The van der Waals surface area contributed by atoms with Gasteiger partial charge in [-0.15, -0.1) is 0 Å². The van der Waals surface area contributed by atoms with Gasteiger partial charge in [0.05, 0.1) is 28.7 Å². The molecule has 1 fully saturated rings. The average molecular weight is 569 g/mol. The zero-order valence-corrected chi connectivity index (χ0v) is 21.4. The Hall–Kier alpha value is -2.72. The minimum atomic E-state index is -0.0326. The minimum Gasteiger partial charge on any atom is -0.378 e. The van der Waals surface area contributed by atoms with Gasteiger partial charge in [0.1, 0.15) is 11.6 Å². The Morgan fingerprint density at radius 1 is 1.15 bits per heavy atom. The molecule has 2 aromatic heterocycles. The van der Waals surface area contributed by atoms with E-state index in [9.17, 15) is 4.79 Å². The zero-order chi connectivity index (χ0) is 23.5. The number of benzene rings is 1. The molecule has 0 unspecified atom stereocenters. The molecule has 34 heavy (non-hydrogen) atoms. The molecule has 1 saturated heterocycles. The summed E-state index contributed by atoms with van der Waals surface area (Å²) in [6.07, 6.45) is 5.48. The molecular formula is C26H28IN5O2. The molecule has 0 bridgehead atoms. The number of nitrogens with zero attached hydrogens (tertiary/aromatic N) is 4. The summed E-state index contributed by atoms with van der Waals surface area (Å²) in [7, 11) is 0. The topological polar surface area (TPSA) is 70.6 Å². The maximum Gasteiger partial charge on any atom is 0.251 e. The van der Waals surface area contributed by atoms with Crippen molar-refractivity contribution in [2.75, 3.05) is 49.2 Å². The Bertz CT molecular complexity index is 1180. The van der Waals surface area contributed by atoms with Crippen LogP contribution < -0.4 is 15.1 Å². The molecule has 1 aromatic carbocycles.